The van der Waals surface area contributed by atoms with Gasteiger partial charge in [-0.3, -0.25) is 0 Å². The third-order valence-electron chi connectivity index (χ3n) is 4.17. The Kier molecular flexibility index (Phi) is 3.24. The molecule has 5 heteroatoms. The molecule has 0 radical (unpaired) electrons. The lowest BCUT2D eigenvalue weighted by Gasteiger charge is -2.22. The molecule has 1 aromatic rings. The number of hydrogen-bond acceptors (Lipinski definition) is 2. The van der Waals surface area contributed by atoms with Crippen molar-refractivity contribution in [1.29, 1.82) is 0 Å². The summed E-state index contributed by atoms with van der Waals surface area (Å²) in [5.41, 5.74) is 0. The number of benzene rings is 1. The summed E-state index contributed by atoms with van der Waals surface area (Å²) < 4.78 is 28.3. The SMILES string of the molecule is O=S(=O)(N[C@@H]1C[C@H]2CC[C@@H]1C2)c1ccc(Br)cc1. The highest BCUT2D eigenvalue weighted by atomic mass is 79.9. The Hall–Kier alpha value is -0.390. The van der Waals surface area contributed by atoms with Crippen molar-refractivity contribution in [2.45, 2.75) is 36.6 Å². The molecule has 2 aliphatic rings. The molecule has 3 nitrogen and oxygen atoms in total. The molecule has 2 fully saturated rings. The van der Waals surface area contributed by atoms with Crippen molar-refractivity contribution in [3.63, 3.8) is 0 Å². The summed E-state index contributed by atoms with van der Waals surface area (Å²) in [7, 11) is -3.35. The van der Waals surface area contributed by atoms with E-state index in [-0.39, 0.29) is 6.04 Å². The van der Waals surface area contributed by atoms with Gasteiger partial charge in [-0.2, -0.15) is 0 Å². The van der Waals surface area contributed by atoms with Gasteiger partial charge in [-0.05, 0) is 55.4 Å². The lowest BCUT2D eigenvalue weighted by molar-refractivity contribution is 0.390. The fraction of sp³-hybridized carbons (Fsp3) is 0.538. The molecule has 0 unspecified atom stereocenters. The first-order valence-electron chi connectivity index (χ1n) is 6.32. The van der Waals surface area contributed by atoms with Crippen molar-refractivity contribution in [2.24, 2.45) is 11.8 Å². The Balaban J connectivity index is 1.77. The van der Waals surface area contributed by atoms with E-state index >= 15 is 0 Å². The van der Waals surface area contributed by atoms with E-state index in [1.54, 1.807) is 24.3 Å². The first-order valence-corrected chi connectivity index (χ1v) is 8.60. The Morgan fingerprint density at radius 2 is 1.83 bits per heavy atom. The van der Waals surface area contributed by atoms with Gasteiger partial charge in [-0.15, -0.1) is 0 Å². The molecular weight excluding hydrogens is 314 g/mol. The van der Waals surface area contributed by atoms with Crippen molar-refractivity contribution in [1.82, 2.24) is 4.72 Å². The summed E-state index contributed by atoms with van der Waals surface area (Å²) in [6.07, 6.45) is 4.67. The van der Waals surface area contributed by atoms with E-state index < -0.39 is 10.0 Å². The van der Waals surface area contributed by atoms with E-state index in [1.165, 1.54) is 19.3 Å². The predicted octanol–water partition coefficient (Wildman–Crippen LogP) is 2.92. The van der Waals surface area contributed by atoms with Gasteiger partial charge in [-0.25, -0.2) is 13.1 Å². The smallest absolute Gasteiger partial charge is 0.208 e. The molecule has 98 valence electrons. The second kappa shape index (κ2) is 4.62. The molecular formula is C13H16BrNO2S. The van der Waals surface area contributed by atoms with Gasteiger partial charge < -0.3 is 0 Å². The van der Waals surface area contributed by atoms with Crippen LogP contribution >= 0.6 is 15.9 Å². The van der Waals surface area contributed by atoms with Gasteiger partial charge >= 0.3 is 0 Å². The van der Waals surface area contributed by atoms with Gasteiger partial charge in [0.2, 0.25) is 10.0 Å². The van der Waals surface area contributed by atoms with Crippen molar-refractivity contribution in [3.8, 4) is 0 Å². The minimum absolute atomic E-state index is 0.150. The third-order valence-corrected chi connectivity index (χ3v) is 6.20. The minimum Gasteiger partial charge on any atom is -0.208 e. The van der Waals surface area contributed by atoms with Crippen LogP contribution in [0.4, 0.5) is 0 Å². The topological polar surface area (TPSA) is 46.2 Å². The van der Waals surface area contributed by atoms with Gasteiger partial charge in [0.05, 0.1) is 4.90 Å². The molecule has 1 N–H and O–H groups in total. The molecule has 3 rings (SSSR count). The molecule has 2 aliphatic carbocycles. The van der Waals surface area contributed by atoms with Gasteiger partial charge in [0.25, 0.3) is 0 Å². The lowest BCUT2D eigenvalue weighted by Crippen LogP contribution is -2.38. The minimum atomic E-state index is -3.35. The zero-order valence-electron chi connectivity index (χ0n) is 9.97. The largest absolute Gasteiger partial charge is 0.240 e. The number of nitrogens with one attached hydrogen (secondary N) is 1. The maximum atomic E-state index is 12.2. The van der Waals surface area contributed by atoms with Crippen LogP contribution < -0.4 is 4.72 Å². The van der Waals surface area contributed by atoms with E-state index in [2.05, 4.69) is 20.7 Å². The van der Waals surface area contributed by atoms with Crippen LogP contribution in [0.5, 0.6) is 0 Å². The van der Waals surface area contributed by atoms with Crippen LogP contribution in [0.3, 0.4) is 0 Å². The number of fused-ring (bicyclic) bond motifs is 2. The zero-order chi connectivity index (χ0) is 12.8. The van der Waals surface area contributed by atoms with Crippen molar-refractivity contribution < 1.29 is 8.42 Å². The van der Waals surface area contributed by atoms with Gasteiger partial charge in [0.15, 0.2) is 0 Å². The molecule has 0 aliphatic heterocycles. The molecule has 0 amide bonds. The third kappa shape index (κ3) is 2.36. The standard InChI is InChI=1S/C13H16BrNO2S/c14-11-3-5-12(6-4-11)18(16,17)15-13-8-9-1-2-10(13)7-9/h3-6,9-10,13,15H,1-2,7-8H2/t9-,10+,13+/m0/s1. The Bertz CT molecular complexity index is 541. The van der Waals surface area contributed by atoms with E-state index in [0.29, 0.717) is 10.8 Å². The summed E-state index contributed by atoms with van der Waals surface area (Å²) in [6.45, 7) is 0. The quantitative estimate of drug-likeness (QED) is 0.926. The summed E-state index contributed by atoms with van der Waals surface area (Å²) in [6, 6.07) is 6.95. The molecule has 3 atom stereocenters. The lowest BCUT2D eigenvalue weighted by atomic mass is 9.96. The fourth-order valence-electron chi connectivity index (χ4n) is 3.27. The zero-order valence-corrected chi connectivity index (χ0v) is 12.4. The monoisotopic (exact) mass is 329 g/mol. The van der Waals surface area contributed by atoms with E-state index in [1.807, 2.05) is 0 Å². The Morgan fingerprint density at radius 1 is 1.11 bits per heavy atom. The van der Waals surface area contributed by atoms with E-state index in [9.17, 15) is 8.42 Å². The maximum Gasteiger partial charge on any atom is 0.240 e. The van der Waals surface area contributed by atoms with Crippen LogP contribution in [0, 0.1) is 11.8 Å². The number of sulfonamides is 1. The molecule has 0 spiro atoms. The number of hydrogen-bond donors (Lipinski definition) is 1. The second-order valence-corrected chi connectivity index (χ2v) is 7.99. The van der Waals surface area contributed by atoms with E-state index in [4.69, 9.17) is 0 Å². The summed E-state index contributed by atoms with van der Waals surface area (Å²) >= 11 is 3.31. The number of halogens is 1. The predicted molar refractivity (Wildman–Crippen MR) is 73.7 cm³/mol. The normalized spacial score (nSPS) is 30.8. The summed E-state index contributed by atoms with van der Waals surface area (Å²) in [5, 5.41) is 0. The van der Waals surface area contributed by atoms with Crippen LogP contribution in [0.1, 0.15) is 25.7 Å². The van der Waals surface area contributed by atoms with Crippen LogP contribution in [0.2, 0.25) is 0 Å². The molecule has 0 saturated heterocycles. The van der Waals surface area contributed by atoms with Gasteiger partial charge in [0, 0.05) is 10.5 Å². The van der Waals surface area contributed by atoms with Crippen molar-refractivity contribution >= 4 is 26.0 Å². The van der Waals surface area contributed by atoms with Gasteiger partial charge in [-0.1, -0.05) is 22.4 Å². The van der Waals surface area contributed by atoms with Crippen LogP contribution in [-0.2, 0) is 10.0 Å². The molecule has 1 aromatic carbocycles. The summed E-state index contributed by atoms with van der Waals surface area (Å²) in [4.78, 5) is 0.355. The maximum absolute atomic E-state index is 12.2. The van der Waals surface area contributed by atoms with Crippen LogP contribution in [0.15, 0.2) is 33.6 Å². The van der Waals surface area contributed by atoms with Crippen molar-refractivity contribution in [3.05, 3.63) is 28.7 Å². The van der Waals surface area contributed by atoms with Crippen LogP contribution in [0.25, 0.3) is 0 Å². The Labute approximate surface area is 116 Å². The average molecular weight is 330 g/mol. The first-order chi connectivity index (χ1) is 8.54. The van der Waals surface area contributed by atoms with Crippen molar-refractivity contribution in [2.75, 3.05) is 0 Å². The molecule has 0 heterocycles. The molecule has 0 aromatic heterocycles. The van der Waals surface area contributed by atoms with Crippen LogP contribution in [-0.4, -0.2) is 14.5 Å². The fourth-order valence-corrected chi connectivity index (χ4v) is 4.85. The Morgan fingerprint density at radius 3 is 2.39 bits per heavy atom. The average Bonchev–Trinajstić information content (AvgIpc) is 2.91. The highest BCUT2D eigenvalue weighted by Crippen LogP contribution is 2.44. The highest BCUT2D eigenvalue weighted by molar-refractivity contribution is 9.10. The molecule has 2 bridgehead atoms. The second-order valence-electron chi connectivity index (χ2n) is 5.36. The summed E-state index contributed by atoms with van der Waals surface area (Å²) in [5.74, 6) is 1.30. The molecule has 18 heavy (non-hydrogen) atoms. The highest BCUT2D eigenvalue weighted by Gasteiger charge is 2.41. The molecule has 2 saturated carbocycles. The number of rotatable bonds is 3. The van der Waals surface area contributed by atoms with Gasteiger partial charge in [0.1, 0.15) is 0 Å². The van der Waals surface area contributed by atoms with E-state index in [0.717, 1.165) is 16.8 Å². The first kappa shape index (κ1) is 12.6.